The van der Waals surface area contributed by atoms with Crippen LogP contribution in [0.3, 0.4) is 0 Å². The maximum atomic E-state index is 12.5. The van der Waals surface area contributed by atoms with E-state index in [4.69, 9.17) is 5.73 Å². The van der Waals surface area contributed by atoms with Gasteiger partial charge in [0.15, 0.2) is 16.8 Å². The maximum absolute atomic E-state index is 12.5. The number of hydrogen-bond acceptors (Lipinski definition) is 6. The van der Waals surface area contributed by atoms with Crippen molar-refractivity contribution in [2.45, 2.75) is 84.3 Å². The van der Waals surface area contributed by atoms with E-state index in [-0.39, 0.29) is 28.2 Å². The zero-order valence-electron chi connectivity index (χ0n) is 20.8. The lowest BCUT2D eigenvalue weighted by Crippen LogP contribution is -2.13. The van der Waals surface area contributed by atoms with E-state index in [0.717, 1.165) is 24.4 Å². The SMILES string of the molecule is CCCCC[C@H](C)Cn1c(SCC(=O)/C(C#N)=C(\C)N)nnc1-c1ccc(C(C)(C)C)cc1. The van der Waals surface area contributed by atoms with Gasteiger partial charge in [-0.05, 0) is 30.2 Å². The number of carbonyl (C=O) groups is 1. The van der Waals surface area contributed by atoms with Crippen LogP contribution in [0.5, 0.6) is 0 Å². The summed E-state index contributed by atoms with van der Waals surface area (Å²) >= 11 is 1.31. The second kappa shape index (κ2) is 12.0. The molecule has 0 radical (unpaired) electrons. The lowest BCUT2D eigenvalue weighted by atomic mass is 9.86. The van der Waals surface area contributed by atoms with E-state index in [9.17, 15) is 10.1 Å². The minimum absolute atomic E-state index is 0.0134. The normalized spacial score (nSPS) is 13.4. The first-order valence-corrected chi connectivity index (χ1v) is 12.6. The molecule has 1 aromatic heterocycles. The van der Waals surface area contributed by atoms with Crippen molar-refractivity contribution in [3.05, 3.63) is 41.1 Å². The zero-order chi connectivity index (χ0) is 24.6. The monoisotopic (exact) mass is 467 g/mol. The summed E-state index contributed by atoms with van der Waals surface area (Å²) in [5, 5.41) is 18.8. The number of hydrogen-bond donors (Lipinski definition) is 1. The molecule has 0 saturated heterocycles. The number of benzene rings is 1. The topological polar surface area (TPSA) is 97.6 Å². The highest BCUT2D eigenvalue weighted by molar-refractivity contribution is 7.99. The summed E-state index contributed by atoms with van der Waals surface area (Å²) in [4.78, 5) is 12.5. The summed E-state index contributed by atoms with van der Waals surface area (Å²) in [6.07, 6.45) is 4.75. The van der Waals surface area contributed by atoms with Crippen molar-refractivity contribution in [1.29, 1.82) is 5.26 Å². The first-order chi connectivity index (χ1) is 15.6. The molecular formula is C26H37N5OS. The van der Waals surface area contributed by atoms with Crippen LogP contribution < -0.4 is 5.73 Å². The predicted molar refractivity (Wildman–Crippen MR) is 136 cm³/mol. The number of rotatable bonds is 11. The summed E-state index contributed by atoms with van der Waals surface area (Å²) in [6, 6.07) is 10.4. The van der Waals surface area contributed by atoms with Gasteiger partial charge in [0.2, 0.25) is 0 Å². The number of allylic oxidation sites excluding steroid dienone is 2. The third kappa shape index (κ3) is 7.46. The molecule has 1 aromatic carbocycles. The van der Waals surface area contributed by atoms with Crippen LogP contribution in [-0.2, 0) is 16.8 Å². The van der Waals surface area contributed by atoms with Crippen LogP contribution in [-0.4, -0.2) is 26.3 Å². The van der Waals surface area contributed by atoms with Crippen molar-refractivity contribution in [2.75, 3.05) is 5.75 Å². The highest BCUT2D eigenvalue weighted by Gasteiger charge is 2.20. The van der Waals surface area contributed by atoms with Crippen molar-refractivity contribution in [3.8, 4) is 17.5 Å². The smallest absolute Gasteiger partial charge is 0.191 e. The molecule has 0 unspecified atom stereocenters. The average molecular weight is 468 g/mol. The van der Waals surface area contributed by atoms with E-state index in [2.05, 4.69) is 73.6 Å². The Hall–Kier alpha value is -2.59. The standard InChI is InChI=1S/C26H37N5OS/c1-7-8-9-10-18(2)16-31-24(20-11-13-21(14-12-20)26(4,5)6)29-30-25(31)33-17-23(32)22(15-27)19(3)28/h11-14,18H,7-10,16-17,28H2,1-6H3/b22-19+/t18-/m0/s1. The summed E-state index contributed by atoms with van der Waals surface area (Å²) in [5.74, 6) is 1.07. The number of carbonyl (C=O) groups excluding carboxylic acids is 1. The second-order valence-corrected chi connectivity index (χ2v) is 10.7. The fraction of sp³-hybridized carbons (Fsp3) is 0.538. The van der Waals surface area contributed by atoms with Gasteiger partial charge < -0.3 is 10.3 Å². The Labute approximate surface area is 202 Å². The molecule has 2 aromatic rings. The van der Waals surface area contributed by atoms with E-state index in [0.29, 0.717) is 11.1 Å². The maximum Gasteiger partial charge on any atom is 0.191 e. The largest absolute Gasteiger partial charge is 0.401 e. The van der Waals surface area contributed by atoms with Gasteiger partial charge in [-0.3, -0.25) is 4.79 Å². The third-order valence-corrected chi connectivity index (χ3v) is 6.60. The fourth-order valence-electron chi connectivity index (χ4n) is 3.61. The van der Waals surface area contributed by atoms with Crippen LogP contribution in [0, 0.1) is 17.2 Å². The van der Waals surface area contributed by atoms with Crippen LogP contribution >= 0.6 is 11.8 Å². The van der Waals surface area contributed by atoms with E-state index >= 15 is 0 Å². The van der Waals surface area contributed by atoms with Crippen molar-refractivity contribution >= 4 is 17.5 Å². The van der Waals surface area contributed by atoms with Gasteiger partial charge in [-0.1, -0.05) is 89.9 Å². The first-order valence-electron chi connectivity index (χ1n) is 11.6. The Morgan fingerprint density at radius 1 is 1.21 bits per heavy atom. The van der Waals surface area contributed by atoms with Crippen molar-refractivity contribution in [3.63, 3.8) is 0 Å². The average Bonchev–Trinajstić information content (AvgIpc) is 3.14. The number of aromatic nitrogens is 3. The van der Waals surface area contributed by atoms with Crippen molar-refractivity contribution in [1.82, 2.24) is 14.8 Å². The molecule has 2 N–H and O–H groups in total. The second-order valence-electron chi connectivity index (χ2n) is 9.73. The summed E-state index contributed by atoms with van der Waals surface area (Å²) in [5.41, 5.74) is 8.29. The van der Waals surface area contributed by atoms with E-state index in [1.165, 1.54) is 36.6 Å². The lowest BCUT2D eigenvalue weighted by molar-refractivity contribution is -0.112. The molecule has 33 heavy (non-hydrogen) atoms. The Kier molecular flexibility index (Phi) is 9.72. The van der Waals surface area contributed by atoms with Gasteiger partial charge in [0, 0.05) is 17.8 Å². The Morgan fingerprint density at radius 3 is 2.42 bits per heavy atom. The van der Waals surface area contributed by atoms with Gasteiger partial charge in [-0.2, -0.15) is 5.26 Å². The fourth-order valence-corrected chi connectivity index (χ4v) is 4.43. The minimum Gasteiger partial charge on any atom is -0.401 e. The number of nitriles is 1. The number of thioether (sulfide) groups is 1. The Bertz CT molecular complexity index is 1000. The predicted octanol–water partition coefficient (Wildman–Crippen LogP) is 5.88. The quantitative estimate of drug-likeness (QED) is 0.192. The first kappa shape index (κ1) is 26.7. The number of unbranched alkanes of at least 4 members (excludes halogenated alkanes) is 2. The molecule has 7 heteroatoms. The summed E-state index contributed by atoms with van der Waals surface area (Å²) < 4.78 is 2.12. The van der Waals surface area contributed by atoms with E-state index in [1.807, 2.05) is 6.07 Å². The number of nitrogens with two attached hydrogens (primary N) is 1. The molecule has 0 spiro atoms. The van der Waals surface area contributed by atoms with Crippen molar-refractivity contribution in [2.24, 2.45) is 11.7 Å². The van der Waals surface area contributed by atoms with E-state index < -0.39 is 0 Å². The summed E-state index contributed by atoms with van der Waals surface area (Å²) in [7, 11) is 0. The third-order valence-electron chi connectivity index (χ3n) is 5.64. The molecule has 2 rings (SSSR count). The molecule has 0 aliphatic heterocycles. The molecule has 6 nitrogen and oxygen atoms in total. The molecule has 0 aliphatic carbocycles. The number of ketones is 1. The van der Waals surface area contributed by atoms with Gasteiger partial charge in [0.25, 0.3) is 0 Å². The number of nitrogens with zero attached hydrogens (tertiary/aromatic N) is 4. The minimum atomic E-state index is -0.288. The Balaban J connectivity index is 2.32. The van der Waals surface area contributed by atoms with E-state index in [1.54, 1.807) is 6.92 Å². The molecule has 0 aliphatic rings. The summed E-state index contributed by atoms with van der Waals surface area (Å²) in [6.45, 7) is 13.4. The Morgan fingerprint density at radius 2 is 1.88 bits per heavy atom. The number of Topliss-reactive ketones (excluding diaryl/α,β-unsaturated/α-hetero) is 1. The van der Waals surface area contributed by atoms with Crippen LogP contribution in [0.15, 0.2) is 40.7 Å². The molecule has 1 atom stereocenters. The molecule has 0 bridgehead atoms. The molecule has 0 amide bonds. The van der Waals surface area contributed by atoms with Gasteiger partial charge >= 0.3 is 0 Å². The molecule has 1 heterocycles. The molecular weight excluding hydrogens is 430 g/mol. The van der Waals surface area contributed by atoms with Gasteiger partial charge in [0.1, 0.15) is 11.6 Å². The van der Waals surface area contributed by atoms with Crippen molar-refractivity contribution < 1.29 is 4.79 Å². The molecule has 0 saturated carbocycles. The molecule has 0 fully saturated rings. The van der Waals surface area contributed by atoms with Crippen LogP contribution in [0.4, 0.5) is 0 Å². The zero-order valence-corrected chi connectivity index (χ0v) is 21.6. The molecule has 178 valence electrons. The highest BCUT2D eigenvalue weighted by Crippen LogP contribution is 2.29. The highest BCUT2D eigenvalue weighted by atomic mass is 32.2. The van der Waals surface area contributed by atoms with Crippen LogP contribution in [0.2, 0.25) is 0 Å². The van der Waals surface area contributed by atoms with Gasteiger partial charge in [-0.15, -0.1) is 10.2 Å². The van der Waals surface area contributed by atoms with Crippen LogP contribution in [0.1, 0.15) is 72.8 Å². The lowest BCUT2D eigenvalue weighted by Gasteiger charge is -2.19. The van der Waals surface area contributed by atoms with Crippen LogP contribution in [0.25, 0.3) is 11.4 Å². The van der Waals surface area contributed by atoms with Gasteiger partial charge in [0.05, 0.1) is 5.75 Å². The van der Waals surface area contributed by atoms with Gasteiger partial charge in [-0.25, -0.2) is 0 Å².